The summed E-state index contributed by atoms with van der Waals surface area (Å²) >= 11 is 5.38. The maximum absolute atomic E-state index is 12.3. The summed E-state index contributed by atoms with van der Waals surface area (Å²) in [6.45, 7) is 1.36. The summed E-state index contributed by atoms with van der Waals surface area (Å²) in [6.07, 6.45) is 4.24. The number of rotatable bonds is 6. The number of carbonyl (C=O) groups is 2. The van der Waals surface area contributed by atoms with E-state index in [0.29, 0.717) is 30.5 Å². The third-order valence-corrected chi connectivity index (χ3v) is 5.87. The van der Waals surface area contributed by atoms with Crippen molar-refractivity contribution in [2.75, 3.05) is 18.4 Å². The van der Waals surface area contributed by atoms with Crippen molar-refractivity contribution in [1.29, 1.82) is 0 Å². The van der Waals surface area contributed by atoms with Gasteiger partial charge in [-0.05, 0) is 50.0 Å². The largest absolute Gasteiger partial charge is 0.360 e. The number of nitrogens with zero attached hydrogens (tertiary/aromatic N) is 1. The Morgan fingerprint density at radius 3 is 2.68 bits per heavy atom. The van der Waals surface area contributed by atoms with Gasteiger partial charge in [0.05, 0.1) is 6.04 Å². The fourth-order valence-corrected chi connectivity index (χ4v) is 4.36. The van der Waals surface area contributed by atoms with Crippen molar-refractivity contribution in [3.63, 3.8) is 0 Å². The fraction of sp³-hybridized carbons (Fsp3) is 0.550. The molecule has 1 aliphatic carbocycles. The molecule has 2 aliphatic heterocycles. The molecule has 3 unspecified atom stereocenters. The van der Waals surface area contributed by atoms with Gasteiger partial charge in [0, 0.05) is 43.3 Å². The van der Waals surface area contributed by atoms with Crippen LogP contribution in [0, 0.1) is 0 Å². The highest BCUT2D eigenvalue weighted by molar-refractivity contribution is 7.80. The first-order chi connectivity index (χ1) is 13.6. The lowest BCUT2D eigenvalue weighted by atomic mass is 10.0. The molecule has 0 aromatic heterocycles. The number of benzene rings is 1. The van der Waals surface area contributed by atoms with Crippen molar-refractivity contribution in [3.05, 3.63) is 30.3 Å². The molecule has 0 radical (unpaired) electrons. The zero-order valence-electron chi connectivity index (χ0n) is 15.8. The van der Waals surface area contributed by atoms with Crippen molar-refractivity contribution >= 4 is 34.8 Å². The molecule has 4 N–H and O–H groups in total. The maximum atomic E-state index is 12.3. The van der Waals surface area contributed by atoms with Gasteiger partial charge < -0.3 is 21.3 Å². The predicted octanol–water partition coefficient (Wildman–Crippen LogP) is 0.973. The highest BCUT2D eigenvalue weighted by Crippen LogP contribution is 2.26. The summed E-state index contributed by atoms with van der Waals surface area (Å²) in [4.78, 5) is 26.8. The lowest BCUT2D eigenvalue weighted by Gasteiger charge is -2.37. The van der Waals surface area contributed by atoms with Crippen molar-refractivity contribution in [3.8, 4) is 0 Å². The molecule has 2 heterocycles. The van der Waals surface area contributed by atoms with Gasteiger partial charge in [0.1, 0.15) is 0 Å². The number of amides is 2. The Labute approximate surface area is 170 Å². The van der Waals surface area contributed by atoms with Gasteiger partial charge in [-0.25, -0.2) is 0 Å². The van der Waals surface area contributed by atoms with Crippen LogP contribution in [0.4, 0.5) is 5.69 Å². The highest BCUT2D eigenvalue weighted by atomic mass is 32.1. The quantitative estimate of drug-likeness (QED) is 0.532. The van der Waals surface area contributed by atoms with E-state index in [9.17, 15) is 9.59 Å². The van der Waals surface area contributed by atoms with Gasteiger partial charge in [-0.3, -0.25) is 14.5 Å². The summed E-state index contributed by atoms with van der Waals surface area (Å²) < 4.78 is 0. The molecule has 7 nitrogen and oxygen atoms in total. The van der Waals surface area contributed by atoms with Gasteiger partial charge in [-0.1, -0.05) is 18.2 Å². The van der Waals surface area contributed by atoms with E-state index in [0.717, 1.165) is 18.7 Å². The van der Waals surface area contributed by atoms with Gasteiger partial charge in [0.15, 0.2) is 5.11 Å². The second-order valence-corrected chi connectivity index (χ2v) is 8.30. The number of anilines is 1. The molecule has 1 aromatic rings. The number of fused-ring (bicyclic) bond motifs is 1. The average molecular weight is 402 g/mol. The zero-order valence-corrected chi connectivity index (χ0v) is 16.6. The van der Waals surface area contributed by atoms with E-state index in [2.05, 4.69) is 26.2 Å². The predicted molar refractivity (Wildman–Crippen MR) is 112 cm³/mol. The molecule has 3 fully saturated rings. The third kappa shape index (κ3) is 4.80. The monoisotopic (exact) mass is 401 g/mol. The first-order valence-corrected chi connectivity index (χ1v) is 10.4. The summed E-state index contributed by atoms with van der Waals surface area (Å²) in [5, 5.41) is 13.3. The first kappa shape index (κ1) is 19.1. The van der Waals surface area contributed by atoms with Crippen LogP contribution in [0.25, 0.3) is 0 Å². The van der Waals surface area contributed by atoms with Crippen LogP contribution in [-0.4, -0.2) is 59.1 Å². The van der Waals surface area contributed by atoms with Gasteiger partial charge in [0.25, 0.3) is 0 Å². The highest BCUT2D eigenvalue weighted by Gasteiger charge is 2.43. The Morgan fingerprint density at radius 2 is 1.93 bits per heavy atom. The number of thiocarbonyl (C=S) groups is 1. The number of piperazine rings is 1. The van der Waals surface area contributed by atoms with E-state index in [1.165, 1.54) is 12.8 Å². The Hall–Kier alpha value is -2.19. The Bertz CT molecular complexity index is 739. The number of para-hydroxylation sites is 1. The standard InChI is InChI=1S/C20H27N5O2S/c26-18(22-13-4-2-1-3-5-13)9-8-16-11-21-19(27)17-10-15(12-25(16)17)24-20(28)23-14-6-7-14/h1-5,14-17H,6-12H2,(H,21,27)(H,22,26)(H2,23,24,28). The van der Waals surface area contributed by atoms with E-state index < -0.39 is 0 Å². The molecule has 0 spiro atoms. The molecule has 1 aromatic carbocycles. The minimum Gasteiger partial charge on any atom is -0.360 e. The summed E-state index contributed by atoms with van der Waals surface area (Å²) in [5.41, 5.74) is 0.810. The molecule has 8 heteroatoms. The molecule has 2 amide bonds. The van der Waals surface area contributed by atoms with Gasteiger partial charge in [-0.15, -0.1) is 0 Å². The van der Waals surface area contributed by atoms with Crippen molar-refractivity contribution in [2.45, 2.75) is 56.3 Å². The minimum atomic E-state index is -0.142. The van der Waals surface area contributed by atoms with Crippen molar-refractivity contribution in [2.24, 2.45) is 0 Å². The van der Waals surface area contributed by atoms with Gasteiger partial charge in [0.2, 0.25) is 11.8 Å². The molecule has 28 heavy (non-hydrogen) atoms. The minimum absolute atomic E-state index is 0.00309. The van der Waals surface area contributed by atoms with Crippen LogP contribution in [0.2, 0.25) is 0 Å². The second-order valence-electron chi connectivity index (χ2n) is 7.89. The number of hydrogen-bond acceptors (Lipinski definition) is 4. The Balaban J connectivity index is 1.28. The average Bonchev–Trinajstić information content (AvgIpc) is 3.38. The van der Waals surface area contributed by atoms with E-state index in [4.69, 9.17) is 12.2 Å². The van der Waals surface area contributed by atoms with E-state index in [-0.39, 0.29) is 29.9 Å². The van der Waals surface area contributed by atoms with Crippen LogP contribution >= 0.6 is 12.2 Å². The molecule has 1 saturated carbocycles. The molecule has 150 valence electrons. The van der Waals surface area contributed by atoms with Crippen LogP contribution in [0.5, 0.6) is 0 Å². The van der Waals surface area contributed by atoms with E-state index >= 15 is 0 Å². The Morgan fingerprint density at radius 1 is 1.18 bits per heavy atom. The zero-order chi connectivity index (χ0) is 19.5. The molecule has 0 bridgehead atoms. The molecular weight excluding hydrogens is 374 g/mol. The molecule has 3 aliphatic rings. The van der Waals surface area contributed by atoms with Crippen LogP contribution in [0.3, 0.4) is 0 Å². The maximum Gasteiger partial charge on any atom is 0.237 e. The molecule has 2 saturated heterocycles. The van der Waals surface area contributed by atoms with Crippen molar-refractivity contribution in [1.82, 2.24) is 20.9 Å². The van der Waals surface area contributed by atoms with Gasteiger partial charge in [-0.2, -0.15) is 0 Å². The molecular formula is C20H27N5O2S. The lowest BCUT2D eigenvalue weighted by Crippen LogP contribution is -2.58. The van der Waals surface area contributed by atoms with Crippen LogP contribution in [0.1, 0.15) is 32.1 Å². The van der Waals surface area contributed by atoms with Gasteiger partial charge >= 0.3 is 0 Å². The summed E-state index contributed by atoms with van der Waals surface area (Å²) in [6, 6.07) is 10.2. The topological polar surface area (TPSA) is 85.5 Å². The Kier molecular flexibility index (Phi) is 5.77. The van der Waals surface area contributed by atoms with Crippen LogP contribution in [0.15, 0.2) is 30.3 Å². The second kappa shape index (κ2) is 8.45. The smallest absolute Gasteiger partial charge is 0.237 e. The van der Waals surface area contributed by atoms with E-state index in [1.54, 1.807) is 0 Å². The SMILES string of the molecule is O=C(CCC1CNC(=O)C2CC(NC(=S)NC3CC3)CN12)Nc1ccccc1. The van der Waals surface area contributed by atoms with Crippen LogP contribution < -0.4 is 21.3 Å². The normalized spacial score (nSPS) is 26.9. The molecule has 3 atom stereocenters. The number of nitrogens with one attached hydrogen (secondary N) is 4. The number of hydrogen-bond donors (Lipinski definition) is 4. The molecule has 4 rings (SSSR count). The lowest BCUT2D eigenvalue weighted by molar-refractivity contribution is -0.129. The summed E-state index contributed by atoms with van der Waals surface area (Å²) in [7, 11) is 0. The van der Waals surface area contributed by atoms with Crippen molar-refractivity contribution < 1.29 is 9.59 Å². The third-order valence-electron chi connectivity index (χ3n) is 5.63. The number of carbonyl (C=O) groups excluding carboxylic acids is 2. The fourth-order valence-electron chi connectivity index (χ4n) is 4.03. The first-order valence-electron chi connectivity index (χ1n) is 10.0. The summed E-state index contributed by atoms with van der Waals surface area (Å²) in [5.74, 6) is 0.0821. The van der Waals surface area contributed by atoms with Crippen LogP contribution in [-0.2, 0) is 9.59 Å². The van der Waals surface area contributed by atoms with E-state index in [1.807, 2.05) is 30.3 Å².